The van der Waals surface area contributed by atoms with Crippen molar-refractivity contribution in [2.75, 3.05) is 11.9 Å². The van der Waals surface area contributed by atoms with Gasteiger partial charge in [0, 0.05) is 19.0 Å². The lowest BCUT2D eigenvalue weighted by Crippen LogP contribution is -2.33. The molecule has 8 heteroatoms. The number of hydrogen-bond donors (Lipinski definition) is 3. The van der Waals surface area contributed by atoms with Crippen LogP contribution in [0.3, 0.4) is 0 Å². The van der Waals surface area contributed by atoms with Gasteiger partial charge in [-0.25, -0.2) is 4.98 Å². The van der Waals surface area contributed by atoms with Crippen molar-refractivity contribution in [1.29, 1.82) is 0 Å². The van der Waals surface area contributed by atoms with Gasteiger partial charge in [-0.1, -0.05) is 38.1 Å². The summed E-state index contributed by atoms with van der Waals surface area (Å²) in [4.78, 5) is 30.9. The fourth-order valence-corrected chi connectivity index (χ4v) is 3.01. The lowest BCUT2D eigenvalue weighted by molar-refractivity contribution is -0.384. The molecule has 3 rings (SSSR count). The zero-order valence-corrected chi connectivity index (χ0v) is 15.8. The molecule has 0 bridgehead atoms. The van der Waals surface area contributed by atoms with Crippen LogP contribution in [-0.2, 0) is 4.79 Å². The molecule has 1 amide bonds. The van der Waals surface area contributed by atoms with Crippen LogP contribution >= 0.6 is 0 Å². The number of rotatable bonds is 8. The number of nitro benzene ring substituents is 1. The molecule has 1 unspecified atom stereocenters. The van der Waals surface area contributed by atoms with Crippen LogP contribution < -0.4 is 10.6 Å². The van der Waals surface area contributed by atoms with Gasteiger partial charge in [0.05, 0.1) is 22.0 Å². The van der Waals surface area contributed by atoms with Crippen LogP contribution in [0.2, 0.25) is 0 Å². The number of amides is 1. The minimum atomic E-state index is -0.446. The van der Waals surface area contributed by atoms with E-state index in [4.69, 9.17) is 0 Å². The van der Waals surface area contributed by atoms with E-state index in [1.165, 1.54) is 6.07 Å². The molecule has 2 aromatic carbocycles. The third-order valence-corrected chi connectivity index (χ3v) is 4.45. The summed E-state index contributed by atoms with van der Waals surface area (Å²) in [5, 5.41) is 17.0. The highest BCUT2D eigenvalue weighted by Crippen LogP contribution is 2.24. The molecule has 3 N–H and O–H groups in total. The second-order valence-electron chi connectivity index (χ2n) is 6.88. The second kappa shape index (κ2) is 8.51. The lowest BCUT2D eigenvalue weighted by Gasteiger charge is -2.20. The number of nitro groups is 1. The van der Waals surface area contributed by atoms with Gasteiger partial charge in [0.15, 0.2) is 0 Å². The molecule has 8 nitrogen and oxygen atoms in total. The van der Waals surface area contributed by atoms with Crippen LogP contribution in [0.1, 0.15) is 32.1 Å². The Morgan fingerprint density at radius 1 is 1.18 bits per heavy atom. The Kier molecular flexibility index (Phi) is 5.88. The monoisotopic (exact) mass is 381 g/mol. The maximum absolute atomic E-state index is 12.4. The van der Waals surface area contributed by atoms with E-state index in [0.717, 1.165) is 16.9 Å². The van der Waals surface area contributed by atoms with Gasteiger partial charge in [-0.05, 0) is 24.1 Å². The van der Waals surface area contributed by atoms with E-state index in [9.17, 15) is 14.9 Å². The molecular formula is C20H23N5O3. The SMILES string of the molecule is CC(C)C(NC(=O)CCNc1ccccc1[N+](=O)[O-])c1nc2ccccc2[nH]1. The number of hydrogen-bond acceptors (Lipinski definition) is 5. The number of fused-ring (bicyclic) bond motifs is 1. The number of H-pyrrole nitrogens is 1. The zero-order chi connectivity index (χ0) is 20.1. The number of aromatic amines is 1. The number of aromatic nitrogens is 2. The summed E-state index contributed by atoms with van der Waals surface area (Å²) in [5.74, 6) is 0.717. The molecule has 0 spiro atoms. The summed E-state index contributed by atoms with van der Waals surface area (Å²) in [6.45, 7) is 4.33. The first-order chi connectivity index (χ1) is 13.5. The maximum Gasteiger partial charge on any atom is 0.292 e. The molecule has 28 heavy (non-hydrogen) atoms. The van der Waals surface area contributed by atoms with Crippen LogP contribution in [0.25, 0.3) is 11.0 Å². The van der Waals surface area contributed by atoms with E-state index in [0.29, 0.717) is 12.2 Å². The number of carbonyl (C=O) groups excluding carboxylic acids is 1. The minimum Gasteiger partial charge on any atom is -0.379 e. The normalized spacial score (nSPS) is 12.1. The first-order valence-corrected chi connectivity index (χ1v) is 9.17. The zero-order valence-electron chi connectivity index (χ0n) is 15.8. The Bertz CT molecular complexity index is 950. The molecule has 0 saturated heterocycles. The van der Waals surface area contributed by atoms with Gasteiger partial charge >= 0.3 is 0 Å². The van der Waals surface area contributed by atoms with Crippen LogP contribution in [0.15, 0.2) is 48.5 Å². The first kappa shape index (κ1) is 19.3. The average Bonchev–Trinajstić information content (AvgIpc) is 3.10. The molecule has 0 radical (unpaired) electrons. The molecule has 1 aromatic heterocycles. The molecule has 0 fully saturated rings. The van der Waals surface area contributed by atoms with Crippen molar-refractivity contribution in [3.05, 3.63) is 64.5 Å². The highest BCUT2D eigenvalue weighted by atomic mass is 16.6. The van der Waals surface area contributed by atoms with Crippen molar-refractivity contribution in [3.63, 3.8) is 0 Å². The summed E-state index contributed by atoms with van der Waals surface area (Å²) < 4.78 is 0. The Labute approximate surface area is 162 Å². The van der Waals surface area contributed by atoms with Gasteiger partial charge < -0.3 is 15.6 Å². The van der Waals surface area contributed by atoms with E-state index >= 15 is 0 Å². The van der Waals surface area contributed by atoms with Crippen molar-refractivity contribution < 1.29 is 9.72 Å². The van der Waals surface area contributed by atoms with E-state index in [1.54, 1.807) is 18.2 Å². The van der Waals surface area contributed by atoms with Gasteiger partial charge in [-0.15, -0.1) is 0 Å². The maximum atomic E-state index is 12.4. The minimum absolute atomic E-state index is 0.00904. The molecule has 0 saturated carbocycles. The first-order valence-electron chi connectivity index (χ1n) is 9.17. The van der Waals surface area contributed by atoms with Gasteiger partial charge in [-0.2, -0.15) is 0 Å². The van der Waals surface area contributed by atoms with Crippen LogP contribution in [0.5, 0.6) is 0 Å². The smallest absolute Gasteiger partial charge is 0.292 e. The van der Waals surface area contributed by atoms with Crippen molar-refractivity contribution in [2.24, 2.45) is 5.92 Å². The summed E-state index contributed by atoms with van der Waals surface area (Å²) in [6.07, 6.45) is 0.190. The van der Waals surface area contributed by atoms with Gasteiger partial charge in [0.2, 0.25) is 5.91 Å². The number of nitrogens with zero attached hydrogens (tertiary/aromatic N) is 2. The number of nitrogens with one attached hydrogen (secondary N) is 3. The fraction of sp³-hybridized carbons (Fsp3) is 0.300. The summed E-state index contributed by atoms with van der Waals surface area (Å²) in [6, 6.07) is 13.9. The predicted molar refractivity (Wildman–Crippen MR) is 108 cm³/mol. The van der Waals surface area contributed by atoms with Crippen LogP contribution in [0.4, 0.5) is 11.4 Å². The molecular weight excluding hydrogens is 358 g/mol. The molecule has 0 aliphatic carbocycles. The third-order valence-electron chi connectivity index (χ3n) is 4.45. The molecule has 0 aliphatic rings. The fourth-order valence-electron chi connectivity index (χ4n) is 3.01. The Balaban J connectivity index is 1.61. The molecule has 1 heterocycles. The van der Waals surface area contributed by atoms with Crippen molar-refractivity contribution in [1.82, 2.24) is 15.3 Å². The highest BCUT2D eigenvalue weighted by Gasteiger charge is 2.21. The number of anilines is 1. The number of para-hydroxylation sites is 4. The molecule has 0 aliphatic heterocycles. The highest BCUT2D eigenvalue weighted by molar-refractivity contribution is 5.78. The standard InChI is InChI=1S/C20H23N5O3/c1-13(2)19(20-22-14-7-3-4-8-15(14)23-20)24-18(26)11-12-21-16-9-5-6-10-17(16)25(27)28/h3-10,13,19,21H,11-12H2,1-2H3,(H,22,23)(H,24,26). The van der Waals surface area contributed by atoms with E-state index in [1.807, 2.05) is 38.1 Å². The Morgan fingerprint density at radius 3 is 2.61 bits per heavy atom. The van der Waals surface area contributed by atoms with Crippen molar-refractivity contribution >= 4 is 28.3 Å². The summed E-state index contributed by atoms with van der Waals surface area (Å²) >= 11 is 0. The second-order valence-corrected chi connectivity index (χ2v) is 6.88. The predicted octanol–water partition coefficient (Wildman–Crippen LogP) is 3.79. The average molecular weight is 381 g/mol. The van der Waals surface area contributed by atoms with Gasteiger partial charge in [0.1, 0.15) is 11.5 Å². The topological polar surface area (TPSA) is 113 Å². The van der Waals surface area contributed by atoms with Crippen molar-refractivity contribution in [3.8, 4) is 0 Å². The van der Waals surface area contributed by atoms with Gasteiger partial charge in [-0.3, -0.25) is 14.9 Å². The largest absolute Gasteiger partial charge is 0.379 e. The molecule has 3 aromatic rings. The number of benzene rings is 2. The number of imidazole rings is 1. The van der Waals surface area contributed by atoms with Crippen molar-refractivity contribution in [2.45, 2.75) is 26.3 Å². The Morgan fingerprint density at radius 2 is 1.89 bits per heavy atom. The molecule has 1 atom stereocenters. The third kappa shape index (κ3) is 4.46. The molecule has 146 valence electrons. The van der Waals surface area contributed by atoms with E-state index < -0.39 is 4.92 Å². The summed E-state index contributed by atoms with van der Waals surface area (Å²) in [5.41, 5.74) is 2.18. The number of carbonyl (C=O) groups is 1. The van der Waals surface area contributed by atoms with Crippen LogP contribution in [-0.4, -0.2) is 27.3 Å². The summed E-state index contributed by atoms with van der Waals surface area (Å²) in [7, 11) is 0. The lowest BCUT2D eigenvalue weighted by atomic mass is 10.0. The van der Waals surface area contributed by atoms with E-state index in [2.05, 4.69) is 20.6 Å². The van der Waals surface area contributed by atoms with Crippen LogP contribution in [0, 0.1) is 16.0 Å². The van der Waals surface area contributed by atoms with Gasteiger partial charge in [0.25, 0.3) is 5.69 Å². The van der Waals surface area contributed by atoms with E-state index in [-0.39, 0.29) is 30.0 Å². The quantitative estimate of drug-likeness (QED) is 0.406. The Hall–Kier alpha value is -3.42.